The monoisotopic (exact) mass is 427 g/mol. The first-order valence-corrected chi connectivity index (χ1v) is 9.52. The van der Waals surface area contributed by atoms with Crippen molar-refractivity contribution in [2.75, 3.05) is 0 Å². The van der Waals surface area contributed by atoms with Crippen LogP contribution in [0.5, 0.6) is 5.75 Å². The van der Waals surface area contributed by atoms with Crippen molar-refractivity contribution in [2.24, 2.45) is 0 Å². The molecule has 153 valence electrons. The second-order valence-electron chi connectivity index (χ2n) is 8.19. The normalized spacial score (nSPS) is 14.0. The van der Waals surface area contributed by atoms with Gasteiger partial charge in [0.2, 0.25) is 0 Å². The SMILES string of the molecule is CC(C)(C)c1cc(C(C)(C)C)c2c(c1F)CO[P-]O2.C[CH-]C.C[CH-]C.[Ni+3]. The first-order chi connectivity index (χ1) is 11.4. The van der Waals surface area contributed by atoms with E-state index in [0.717, 1.165) is 11.1 Å². The van der Waals surface area contributed by atoms with Crippen LogP contribution >= 0.6 is 9.03 Å². The summed E-state index contributed by atoms with van der Waals surface area (Å²) in [6, 6.07) is 1.95. The molecule has 0 atom stereocenters. The number of benzene rings is 1. The third kappa shape index (κ3) is 8.24. The van der Waals surface area contributed by atoms with Gasteiger partial charge in [0.1, 0.15) is 5.82 Å². The Morgan fingerprint density at radius 1 is 0.923 bits per heavy atom. The maximum absolute atomic E-state index is 14.7. The summed E-state index contributed by atoms with van der Waals surface area (Å²) in [5.41, 5.74) is 1.99. The van der Waals surface area contributed by atoms with E-state index >= 15 is 0 Å². The van der Waals surface area contributed by atoms with Crippen molar-refractivity contribution in [3.8, 4) is 5.75 Å². The van der Waals surface area contributed by atoms with Gasteiger partial charge in [-0.25, -0.2) is 4.39 Å². The number of hydrogen-bond acceptors (Lipinski definition) is 2. The minimum Gasteiger partial charge on any atom is -0.641 e. The van der Waals surface area contributed by atoms with Crippen LogP contribution in [0.3, 0.4) is 0 Å². The molecule has 1 aliphatic rings. The Morgan fingerprint density at radius 3 is 1.73 bits per heavy atom. The zero-order chi connectivity index (χ0) is 19.8. The zero-order valence-corrected chi connectivity index (χ0v) is 19.8. The quantitative estimate of drug-likeness (QED) is 0.241. The minimum absolute atomic E-state index is 0. The van der Waals surface area contributed by atoms with Gasteiger partial charge in [-0.2, -0.15) is 36.7 Å². The number of halogens is 1. The summed E-state index contributed by atoms with van der Waals surface area (Å²) in [6.45, 7) is 20.7. The van der Waals surface area contributed by atoms with Crippen LogP contribution in [0.2, 0.25) is 0 Å². The minimum atomic E-state index is -0.242. The van der Waals surface area contributed by atoms with Crippen LogP contribution in [0.4, 0.5) is 4.39 Å². The van der Waals surface area contributed by atoms with E-state index in [9.17, 15) is 4.39 Å². The Bertz CT molecular complexity index is 532. The maximum Gasteiger partial charge on any atom is 3.00 e. The van der Waals surface area contributed by atoms with Gasteiger partial charge >= 0.3 is 16.5 Å². The van der Waals surface area contributed by atoms with Crippen molar-refractivity contribution in [1.82, 2.24) is 0 Å². The van der Waals surface area contributed by atoms with E-state index in [2.05, 4.69) is 20.8 Å². The average molecular weight is 428 g/mol. The molecule has 0 aliphatic carbocycles. The first kappa shape index (κ1) is 28.0. The van der Waals surface area contributed by atoms with Crippen molar-refractivity contribution in [3.05, 3.63) is 41.4 Å². The van der Waals surface area contributed by atoms with Crippen LogP contribution in [0.1, 0.15) is 85.9 Å². The van der Waals surface area contributed by atoms with Gasteiger partial charge in [0, 0.05) is 6.61 Å². The summed E-state index contributed by atoms with van der Waals surface area (Å²) >= 11 is 0. The fraction of sp³-hybridized carbons (Fsp3) is 0.619. The van der Waals surface area contributed by atoms with E-state index in [-0.39, 0.29) is 39.7 Å². The molecule has 1 aromatic rings. The molecule has 0 N–H and O–H groups in total. The summed E-state index contributed by atoms with van der Waals surface area (Å²) in [5, 5.41) is 0. The van der Waals surface area contributed by atoms with E-state index in [1.165, 1.54) is 0 Å². The molecule has 0 amide bonds. The van der Waals surface area contributed by atoms with Gasteiger partial charge < -0.3 is 21.9 Å². The van der Waals surface area contributed by atoms with Crippen LogP contribution in [0.25, 0.3) is 0 Å². The molecule has 0 fully saturated rings. The van der Waals surface area contributed by atoms with Crippen LogP contribution in [-0.2, 0) is 38.5 Å². The molecule has 1 aromatic carbocycles. The second-order valence-corrected chi connectivity index (χ2v) is 8.78. The summed E-state index contributed by atoms with van der Waals surface area (Å²) in [5.74, 6) is 0.469. The molecule has 0 spiro atoms. The third-order valence-electron chi connectivity index (χ3n) is 3.31. The van der Waals surface area contributed by atoms with E-state index in [1.807, 2.05) is 67.4 Å². The zero-order valence-electron chi connectivity index (χ0n) is 17.9. The van der Waals surface area contributed by atoms with Crippen molar-refractivity contribution in [2.45, 2.75) is 86.7 Å². The number of rotatable bonds is 0. The summed E-state index contributed by atoms with van der Waals surface area (Å²) in [4.78, 5) is 0. The summed E-state index contributed by atoms with van der Waals surface area (Å²) in [6.07, 6.45) is 4.00. The topological polar surface area (TPSA) is 18.5 Å². The molecule has 1 aliphatic heterocycles. The van der Waals surface area contributed by atoms with Gasteiger partial charge in [-0.15, -0.1) is 0 Å². The Kier molecular flexibility index (Phi) is 13.3. The molecular formula is C21H35FNiO2P. The molecule has 26 heavy (non-hydrogen) atoms. The molecule has 0 bridgehead atoms. The molecule has 1 heterocycles. The molecule has 0 aromatic heterocycles. The molecule has 0 saturated heterocycles. The van der Waals surface area contributed by atoms with Gasteiger partial charge in [0.25, 0.3) is 0 Å². The van der Waals surface area contributed by atoms with E-state index in [1.54, 1.807) is 0 Å². The maximum atomic E-state index is 14.7. The van der Waals surface area contributed by atoms with Gasteiger partial charge in [-0.3, -0.25) is 0 Å². The average Bonchev–Trinajstić information content (AvgIpc) is 2.47. The predicted molar refractivity (Wildman–Crippen MR) is 107 cm³/mol. The van der Waals surface area contributed by atoms with Crippen molar-refractivity contribution in [3.63, 3.8) is 0 Å². The van der Waals surface area contributed by atoms with Crippen LogP contribution in [0, 0.1) is 18.7 Å². The largest absolute Gasteiger partial charge is 3.00 e. The number of fused-ring (bicyclic) bond motifs is 1. The standard InChI is InChI=1S/C15H21FO2P.2C3H7.Ni/c1-14(2,3)10-7-11(15(4,5)6)13-9(12(10)16)8-17-19-18-13;2*1-3-2;/h7H,8H2,1-6H3;2*3H,1-2H3;/q3*-1;+3. The predicted octanol–water partition coefficient (Wildman–Crippen LogP) is 7.56. The van der Waals surface area contributed by atoms with Crippen LogP contribution in [-0.4, -0.2) is 0 Å². The fourth-order valence-corrected chi connectivity index (χ4v) is 2.71. The molecule has 1 radical (unpaired) electrons. The Morgan fingerprint density at radius 2 is 1.35 bits per heavy atom. The van der Waals surface area contributed by atoms with Gasteiger partial charge in [-0.05, 0) is 28.0 Å². The Hall–Kier alpha value is -0.166. The molecule has 2 rings (SSSR count). The third-order valence-corrected chi connectivity index (χ3v) is 3.81. The second kappa shape index (κ2) is 12.3. The van der Waals surface area contributed by atoms with E-state index in [4.69, 9.17) is 9.05 Å². The molecular weight excluding hydrogens is 393 g/mol. The molecule has 0 unspecified atom stereocenters. The Labute approximate surface area is 172 Å². The summed E-state index contributed by atoms with van der Waals surface area (Å²) < 4.78 is 25.4. The van der Waals surface area contributed by atoms with Crippen molar-refractivity contribution < 1.29 is 29.9 Å². The smallest absolute Gasteiger partial charge is 0.641 e. The molecule has 5 heteroatoms. The molecule has 2 nitrogen and oxygen atoms in total. The van der Waals surface area contributed by atoms with Gasteiger partial charge in [0.15, 0.2) is 0 Å². The number of hydrogen-bond donors (Lipinski definition) is 0. The van der Waals surface area contributed by atoms with Crippen LogP contribution in [0.15, 0.2) is 6.07 Å². The van der Waals surface area contributed by atoms with Gasteiger partial charge in [0.05, 0.1) is 11.3 Å². The van der Waals surface area contributed by atoms with Crippen molar-refractivity contribution in [1.29, 1.82) is 0 Å². The van der Waals surface area contributed by atoms with Crippen molar-refractivity contribution >= 4 is 9.03 Å². The first-order valence-electron chi connectivity index (χ1n) is 8.79. The van der Waals surface area contributed by atoms with E-state index in [0.29, 0.717) is 20.3 Å². The fourth-order valence-electron chi connectivity index (χ4n) is 2.19. The van der Waals surface area contributed by atoms with Gasteiger partial charge in [-0.1, -0.05) is 41.5 Å². The Balaban J connectivity index is 0. The molecule has 0 saturated carbocycles. The van der Waals surface area contributed by atoms with Crippen LogP contribution < -0.4 is 4.52 Å². The summed E-state index contributed by atoms with van der Waals surface area (Å²) in [7, 11) is 0.440. The van der Waals surface area contributed by atoms with E-state index < -0.39 is 0 Å².